The van der Waals surface area contributed by atoms with Crippen LogP contribution >= 0.6 is 11.3 Å². The van der Waals surface area contributed by atoms with Gasteiger partial charge in [0.15, 0.2) is 0 Å². The molecule has 0 bridgehead atoms. The minimum absolute atomic E-state index is 0.375. The first kappa shape index (κ1) is 14.7. The Hall–Kier alpha value is -1.20. The summed E-state index contributed by atoms with van der Waals surface area (Å²) < 4.78 is 5.42. The van der Waals surface area contributed by atoms with Gasteiger partial charge in [0.1, 0.15) is 0 Å². The summed E-state index contributed by atoms with van der Waals surface area (Å²) >= 11 is 1.79. The van der Waals surface area contributed by atoms with E-state index in [0.717, 1.165) is 32.8 Å². The second kappa shape index (κ2) is 7.18. The van der Waals surface area contributed by atoms with E-state index in [0.29, 0.717) is 6.04 Å². The van der Waals surface area contributed by atoms with E-state index in [1.54, 1.807) is 11.3 Å². The highest BCUT2D eigenvalue weighted by atomic mass is 32.1. The molecule has 2 heterocycles. The van der Waals surface area contributed by atoms with Crippen molar-refractivity contribution in [1.82, 2.24) is 10.2 Å². The highest BCUT2D eigenvalue weighted by molar-refractivity contribution is 7.13. The molecular weight excluding hydrogens is 280 g/mol. The standard InChI is InChI=1S/C17H22N2OS/c1-18-16(13-19-8-10-20-11-9-19)14-4-6-15(7-5-14)17-3-2-12-21-17/h2-7,12,16,18H,8-11,13H2,1H3. The van der Waals surface area contributed by atoms with Crippen LogP contribution in [-0.2, 0) is 4.74 Å². The van der Waals surface area contributed by atoms with Gasteiger partial charge in [0.2, 0.25) is 0 Å². The fourth-order valence-electron chi connectivity index (χ4n) is 2.73. The molecular formula is C17H22N2OS. The molecule has 0 saturated carbocycles. The Kier molecular flexibility index (Phi) is 5.04. The molecule has 1 atom stereocenters. The number of nitrogens with one attached hydrogen (secondary N) is 1. The number of nitrogens with zero attached hydrogens (tertiary/aromatic N) is 1. The second-order valence-electron chi connectivity index (χ2n) is 5.35. The molecule has 1 aromatic carbocycles. The normalized spacial score (nSPS) is 17.8. The number of hydrogen-bond acceptors (Lipinski definition) is 4. The second-order valence-corrected chi connectivity index (χ2v) is 6.30. The van der Waals surface area contributed by atoms with E-state index >= 15 is 0 Å². The lowest BCUT2D eigenvalue weighted by Gasteiger charge is -2.30. The molecule has 0 aliphatic carbocycles. The smallest absolute Gasteiger partial charge is 0.0594 e. The van der Waals surface area contributed by atoms with Gasteiger partial charge < -0.3 is 10.1 Å². The highest BCUT2D eigenvalue weighted by Gasteiger charge is 2.16. The van der Waals surface area contributed by atoms with Crippen LogP contribution in [-0.4, -0.2) is 44.8 Å². The van der Waals surface area contributed by atoms with E-state index in [-0.39, 0.29) is 0 Å². The maximum absolute atomic E-state index is 5.42. The molecule has 0 amide bonds. The third-order valence-corrected chi connectivity index (χ3v) is 4.93. The number of likely N-dealkylation sites (N-methyl/N-ethyl adjacent to an activating group) is 1. The number of ether oxygens (including phenoxy) is 1. The molecule has 21 heavy (non-hydrogen) atoms. The van der Waals surface area contributed by atoms with E-state index in [1.165, 1.54) is 16.0 Å². The van der Waals surface area contributed by atoms with Crippen molar-refractivity contribution in [1.29, 1.82) is 0 Å². The van der Waals surface area contributed by atoms with Crippen LogP contribution in [0.4, 0.5) is 0 Å². The first-order valence-electron chi connectivity index (χ1n) is 7.48. The number of thiophene rings is 1. The summed E-state index contributed by atoms with van der Waals surface area (Å²) in [5, 5.41) is 5.56. The zero-order valence-corrected chi connectivity index (χ0v) is 13.2. The van der Waals surface area contributed by atoms with E-state index < -0.39 is 0 Å². The Labute approximate surface area is 130 Å². The molecule has 4 heteroatoms. The van der Waals surface area contributed by atoms with Gasteiger partial charge >= 0.3 is 0 Å². The Balaban J connectivity index is 1.68. The quantitative estimate of drug-likeness (QED) is 0.919. The zero-order chi connectivity index (χ0) is 14.5. The molecule has 0 radical (unpaired) electrons. The zero-order valence-electron chi connectivity index (χ0n) is 12.4. The van der Waals surface area contributed by atoms with Gasteiger partial charge in [0.05, 0.1) is 13.2 Å². The van der Waals surface area contributed by atoms with Crippen LogP contribution in [0.5, 0.6) is 0 Å². The SMILES string of the molecule is CNC(CN1CCOCC1)c1ccc(-c2cccs2)cc1. The van der Waals surface area contributed by atoms with Crippen LogP contribution in [0.2, 0.25) is 0 Å². The number of morpholine rings is 1. The number of hydrogen-bond donors (Lipinski definition) is 1. The van der Waals surface area contributed by atoms with Crippen molar-refractivity contribution < 1.29 is 4.74 Å². The molecule has 0 spiro atoms. The summed E-state index contributed by atoms with van der Waals surface area (Å²) in [6, 6.07) is 13.6. The molecule has 1 unspecified atom stereocenters. The van der Waals surface area contributed by atoms with Crippen molar-refractivity contribution in [2.45, 2.75) is 6.04 Å². The lowest BCUT2D eigenvalue weighted by molar-refractivity contribution is 0.0338. The average Bonchev–Trinajstić information content (AvgIpc) is 3.08. The van der Waals surface area contributed by atoms with Crippen LogP contribution in [0.3, 0.4) is 0 Å². The molecule has 1 aliphatic rings. The molecule has 2 aromatic rings. The molecule has 3 nitrogen and oxygen atoms in total. The van der Waals surface area contributed by atoms with Crippen LogP contribution in [0.25, 0.3) is 10.4 Å². The number of benzene rings is 1. The predicted molar refractivity (Wildman–Crippen MR) is 88.8 cm³/mol. The van der Waals surface area contributed by atoms with Gasteiger partial charge in [-0.2, -0.15) is 0 Å². The van der Waals surface area contributed by atoms with Gasteiger partial charge in [0, 0.05) is 30.6 Å². The minimum Gasteiger partial charge on any atom is -0.379 e. The third kappa shape index (κ3) is 3.71. The summed E-state index contributed by atoms with van der Waals surface area (Å²) in [5.74, 6) is 0. The van der Waals surface area contributed by atoms with Crippen molar-refractivity contribution in [2.24, 2.45) is 0 Å². The Morgan fingerprint density at radius 1 is 1.19 bits per heavy atom. The van der Waals surface area contributed by atoms with Crippen molar-refractivity contribution in [3.05, 3.63) is 47.3 Å². The van der Waals surface area contributed by atoms with Crippen molar-refractivity contribution >= 4 is 11.3 Å². The van der Waals surface area contributed by atoms with Crippen LogP contribution < -0.4 is 5.32 Å². The van der Waals surface area contributed by atoms with Crippen molar-refractivity contribution in [3.63, 3.8) is 0 Å². The summed E-state index contributed by atoms with van der Waals surface area (Å²) in [5.41, 5.74) is 2.65. The molecule has 1 N–H and O–H groups in total. The monoisotopic (exact) mass is 302 g/mol. The molecule has 1 fully saturated rings. The first-order valence-corrected chi connectivity index (χ1v) is 8.36. The Morgan fingerprint density at radius 2 is 1.95 bits per heavy atom. The van der Waals surface area contributed by atoms with E-state index in [4.69, 9.17) is 4.74 Å². The fourth-order valence-corrected chi connectivity index (χ4v) is 3.46. The van der Waals surface area contributed by atoms with E-state index in [1.807, 2.05) is 7.05 Å². The van der Waals surface area contributed by atoms with E-state index in [9.17, 15) is 0 Å². The topological polar surface area (TPSA) is 24.5 Å². The van der Waals surface area contributed by atoms with Gasteiger partial charge in [-0.25, -0.2) is 0 Å². The molecule has 1 aliphatic heterocycles. The van der Waals surface area contributed by atoms with Gasteiger partial charge in [-0.3, -0.25) is 4.90 Å². The van der Waals surface area contributed by atoms with Crippen LogP contribution in [0.15, 0.2) is 41.8 Å². The highest BCUT2D eigenvalue weighted by Crippen LogP contribution is 2.26. The van der Waals surface area contributed by atoms with Crippen LogP contribution in [0, 0.1) is 0 Å². The average molecular weight is 302 g/mol. The van der Waals surface area contributed by atoms with Gasteiger partial charge in [-0.15, -0.1) is 11.3 Å². The summed E-state index contributed by atoms with van der Waals surface area (Å²) in [6.07, 6.45) is 0. The summed E-state index contributed by atoms with van der Waals surface area (Å²) in [7, 11) is 2.04. The van der Waals surface area contributed by atoms with Gasteiger partial charge in [-0.05, 0) is 29.6 Å². The van der Waals surface area contributed by atoms with Gasteiger partial charge in [-0.1, -0.05) is 30.3 Å². The predicted octanol–water partition coefficient (Wildman–Crippen LogP) is 3.01. The first-order chi connectivity index (χ1) is 10.4. The largest absolute Gasteiger partial charge is 0.379 e. The molecule has 1 saturated heterocycles. The maximum atomic E-state index is 5.42. The molecule has 1 aromatic heterocycles. The van der Waals surface area contributed by atoms with Crippen molar-refractivity contribution in [3.8, 4) is 10.4 Å². The maximum Gasteiger partial charge on any atom is 0.0594 e. The molecule has 3 rings (SSSR count). The van der Waals surface area contributed by atoms with E-state index in [2.05, 4.69) is 52.0 Å². The summed E-state index contributed by atoms with van der Waals surface area (Å²) in [4.78, 5) is 3.80. The third-order valence-electron chi connectivity index (χ3n) is 4.01. The Bertz CT molecular complexity index is 532. The lowest BCUT2D eigenvalue weighted by Crippen LogP contribution is -2.41. The minimum atomic E-state index is 0.375. The molecule has 112 valence electrons. The Morgan fingerprint density at radius 3 is 2.57 bits per heavy atom. The number of rotatable bonds is 5. The van der Waals surface area contributed by atoms with Crippen molar-refractivity contribution in [2.75, 3.05) is 39.9 Å². The lowest BCUT2D eigenvalue weighted by atomic mass is 10.0. The van der Waals surface area contributed by atoms with Crippen LogP contribution in [0.1, 0.15) is 11.6 Å². The summed E-state index contributed by atoms with van der Waals surface area (Å²) in [6.45, 7) is 4.82. The fraction of sp³-hybridized carbons (Fsp3) is 0.412. The van der Waals surface area contributed by atoms with Gasteiger partial charge in [0.25, 0.3) is 0 Å².